The van der Waals surface area contributed by atoms with Gasteiger partial charge in [-0.05, 0) is 5.56 Å². The SMILES string of the molecule is NC(=O)c1sc2c(c1C1=NOCC1)CNC2. The minimum absolute atomic E-state index is 0.371. The summed E-state index contributed by atoms with van der Waals surface area (Å²) in [5, 5.41) is 7.25. The number of nitrogens with one attached hydrogen (secondary N) is 1. The van der Waals surface area contributed by atoms with Gasteiger partial charge in [0.05, 0.1) is 5.71 Å². The zero-order valence-electron chi connectivity index (χ0n) is 8.58. The Labute approximate surface area is 96.3 Å². The minimum atomic E-state index is -0.371. The summed E-state index contributed by atoms with van der Waals surface area (Å²) in [5.74, 6) is -0.371. The van der Waals surface area contributed by atoms with Crippen molar-refractivity contribution in [2.45, 2.75) is 19.5 Å². The molecule has 16 heavy (non-hydrogen) atoms. The predicted octanol–water partition coefficient (Wildman–Crippen LogP) is 0.575. The van der Waals surface area contributed by atoms with Crippen LogP contribution in [-0.2, 0) is 17.9 Å². The number of thiophene rings is 1. The van der Waals surface area contributed by atoms with E-state index in [0.717, 1.165) is 30.8 Å². The molecule has 0 spiro atoms. The highest BCUT2D eigenvalue weighted by Gasteiger charge is 2.28. The number of carbonyl (C=O) groups is 1. The van der Waals surface area contributed by atoms with E-state index in [1.54, 1.807) is 0 Å². The molecular weight excluding hydrogens is 226 g/mol. The van der Waals surface area contributed by atoms with Crippen LogP contribution in [0.1, 0.15) is 32.1 Å². The Morgan fingerprint density at radius 3 is 3.06 bits per heavy atom. The number of oxime groups is 1. The third-order valence-corrected chi connectivity index (χ3v) is 4.04. The van der Waals surface area contributed by atoms with Gasteiger partial charge in [0.15, 0.2) is 0 Å². The first-order chi connectivity index (χ1) is 7.77. The first-order valence-electron chi connectivity index (χ1n) is 5.11. The van der Waals surface area contributed by atoms with Crippen LogP contribution in [0.4, 0.5) is 0 Å². The smallest absolute Gasteiger partial charge is 0.259 e. The molecule has 0 fully saturated rings. The second-order valence-corrected chi connectivity index (χ2v) is 4.90. The molecule has 2 aliphatic heterocycles. The molecule has 0 unspecified atom stereocenters. The maximum atomic E-state index is 11.4. The first-order valence-corrected chi connectivity index (χ1v) is 5.93. The zero-order valence-corrected chi connectivity index (χ0v) is 9.39. The third-order valence-electron chi connectivity index (χ3n) is 2.80. The lowest BCUT2D eigenvalue weighted by molar-refractivity contribution is 0.100. The van der Waals surface area contributed by atoms with Gasteiger partial charge in [-0.1, -0.05) is 5.16 Å². The number of primary amides is 1. The number of hydrogen-bond acceptors (Lipinski definition) is 5. The van der Waals surface area contributed by atoms with Gasteiger partial charge in [0.1, 0.15) is 11.5 Å². The molecule has 0 bridgehead atoms. The first kappa shape index (κ1) is 9.80. The standard InChI is InChI=1S/C10H11N3O2S/c11-10(14)9-8(6-1-2-15-13-6)5-3-12-4-7(5)16-9/h12H,1-4H2,(H2,11,14). The Morgan fingerprint density at radius 2 is 2.38 bits per heavy atom. The van der Waals surface area contributed by atoms with E-state index < -0.39 is 0 Å². The van der Waals surface area contributed by atoms with Crippen LogP contribution >= 0.6 is 11.3 Å². The molecule has 0 atom stereocenters. The van der Waals surface area contributed by atoms with Crippen LogP contribution in [0.5, 0.6) is 0 Å². The van der Waals surface area contributed by atoms with Gasteiger partial charge in [-0.15, -0.1) is 11.3 Å². The van der Waals surface area contributed by atoms with E-state index >= 15 is 0 Å². The summed E-state index contributed by atoms with van der Waals surface area (Å²) < 4.78 is 0. The Kier molecular flexibility index (Phi) is 2.19. The molecule has 3 N–H and O–H groups in total. The number of amides is 1. The number of rotatable bonds is 2. The van der Waals surface area contributed by atoms with Gasteiger partial charge < -0.3 is 15.9 Å². The molecule has 0 saturated carbocycles. The van der Waals surface area contributed by atoms with Gasteiger partial charge in [-0.25, -0.2) is 0 Å². The summed E-state index contributed by atoms with van der Waals surface area (Å²) in [6, 6.07) is 0. The summed E-state index contributed by atoms with van der Waals surface area (Å²) in [6.07, 6.45) is 0.753. The van der Waals surface area contributed by atoms with E-state index in [1.165, 1.54) is 21.8 Å². The maximum Gasteiger partial charge on any atom is 0.259 e. The van der Waals surface area contributed by atoms with Crippen LogP contribution in [0.25, 0.3) is 0 Å². The summed E-state index contributed by atoms with van der Waals surface area (Å²) >= 11 is 1.47. The highest BCUT2D eigenvalue weighted by molar-refractivity contribution is 7.14. The maximum absolute atomic E-state index is 11.4. The number of hydrogen-bond donors (Lipinski definition) is 2. The summed E-state index contributed by atoms with van der Waals surface area (Å²) in [4.78, 5) is 18.2. The van der Waals surface area contributed by atoms with Crippen molar-refractivity contribution in [1.29, 1.82) is 0 Å². The van der Waals surface area contributed by atoms with Crippen molar-refractivity contribution in [1.82, 2.24) is 5.32 Å². The summed E-state index contributed by atoms with van der Waals surface area (Å²) in [7, 11) is 0. The second-order valence-electron chi connectivity index (χ2n) is 3.80. The van der Waals surface area contributed by atoms with Crippen LogP contribution in [0.15, 0.2) is 5.16 Å². The van der Waals surface area contributed by atoms with E-state index in [9.17, 15) is 4.79 Å². The zero-order chi connectivity index (χ0) is 11.1. The van der Waals surface area contributed by atoms with Gasteiger partial charge in [0.2, 0.25) is 0 Å². The van der Waals surface area contributed by atoms with Crippen molar-refractivity contribution in [2.75, 3.05) is 6.61 Å². The van der Waals surface area contributed by atoms with Gasteiger partial charge >= 0.3 is 0 Å². The Morgan fingerprint density at radius 1 is 1.50 bits per heavy atom. The van der Waals surface area contributed by atoms with Crippen molar-refractivity contribution >= 4 is 23.0 Å². The van der Waals surface area contributed by atoms with E-state index in [-0.39, 0.29) is 5.91 Å². The quantitative estimate of drug-likeness (QED) is 0.789. The monoisotopic (exact) mass is 237 g/mol. The number of nitrogens with zero attached hydrogens (tertiary/aromatic N) is 1. The normalized spacial score (nSPS) is 18.1. The number of nitrogens with two attached hydrogens (primary N) is 1. The predicted molar refractivity (Wildman–Crippen MR) is 60.5 cm³/mol. The third kappa shape index (κ3) is 1.34. The lowest BCUT2D eigenvalue weighted by atomic mass is 10.0. The van der Waals surface area contributed by atoms with Gasteiger partial charge in [0.25, 0.3) is 5.91 Å². The largest absolute Gasteiger partial charge is 0.395 e. The van der Waals surface area contributed by atoms with Crippen LogP contribution < -0.4 is 11.1 Å². The molecule has 84 valence electrons. The summed E-state index contributed by atoms with van der Waals surface area (Å²) in [6.45, 7) is 2.19. The van der Waals surface area contributed by atoms with Crippen LogP contribution in [0.3, 0.4) is 0 Å². The molecule has 0 saturated heterocycles. The Balaban J connectivity index is 2.16. The molecule has 1 aromatic rings. The molecule has 3 heterocycles. The minimum Gasteiger partial charge on any atom is -0.395 e. The molecule has 1 amide bonds. The highest BCUT2D eigenvalue weighted by atomic mass is 32.1. The molecular formula is C10H11N3O2S. The fourth-order valence-electron chi connectivity index (χ4n) is 2.10. The average molecular weight is 237 g/mol. The van der Waals surface area contributed by atoms with Crippen LogP contribution in [-0.4, -0.2) is 18.2 Å². The van der Waals surface area contributed by atoms with Gasteiger partial charge in [-0.2, -0.15) is 0 Å². The van der Waals surface area contributed by atoms with Crippen molar-refractivity contribution in [3.8, 4) is 0 Å². The highest BCUT2D eigenvalue weighted by Crippen LogP contribution is 2.33. The molecule has 0 aromatic carbocycles. The molecule has 0 aliphatic carbocycles. The molecule has 5 nitrogen and oxygen atoms in total. The van der Waals surface area contributed by atoms with Crippen molar-refractivity contribution in [3.63, 3.8) is 0 Å². The lowest BCUT2D eigenvalue weighted by Gasteiger charge is -2.01. The van der Waals surface area contributed by atoms with Crippen LogP contribution in [0.2, 0.25) is 0 Å². The van der Waals surface area contributed by atoms with E-state index in [2.05, 4.69) is 10.5 Å². The fraction of sp³-hybridized carbons (Fsp3) is 0.400. The fourth-order valence-corrected chi connectivity index (χ4v) is 3.27. The van der Waals surface area contributed by atoms with Crippen molar-refractivity contribution < 1.29 is 9.63 Å². The number of fused-ring (bicyclic) bond motifs is 1. The van der Waals surface area contributed by atoms with E-state index in [1.807, 2.05) is 0 Å². The van der Waals surface area contributed by atoms with Gasteiger partial charge in [0, 0.05) is 30.0 Å². The van der Waals surface area contributed by atoms with E-state index in [4.69, 9.17) is 10.6 Å². The Hall–Kier alpha value is -1.40. The molecule has 0 radical (unpaired) electrons. The summed E-state index contributed by atoms with van der Waals surface area (Å²) in [5.41, 5.74) is 8.34. The second kappa shape index (κ2) is 3.57. The topological polar surface area (TPSA) is 76.7 Å². The molecule has 1 aromatic heterocycles. The Bertz CT molecular complexity index is 492. The van der Waals surface area contributed by atoms with E-state index in [0.29, 0.717) is 11.5 Å². The van der Waals surface area contributed by atoms with Crippen LogP contribution in [0, 0.1) is 0 Å². The van der Waals surface area contributed by atoms with Crippen molar-refractivity contribution in [2.24, 2.45) is 10.9 Å². The molecule has 2 aliphatic rings. The molecule has 6 heteroatoms. The lowest BCUT2D eigenvalue weighted by Crippen LogP contribution is -2.15. The average Bonchev–Trinajstić information content (AvgIpc) is 2.92. The van der Waals surface area contributed by atoms with Gasteiger partial charge in [-0.3, -0.25) is 4.79 Å². The van der Waals surface area contributed by atoms with Crippen molar-refractivity contribution in [3.05, 3.63) is 20.9 Å². The number of carbonyl (C=O) groups excluding carboxylic acids is 1. The molecule has 3 rings (SSSR count).